The van der Waals surface area contributed by atoms with Crippen LogP contribution in [0.2, 0.25) is 0 Å². The lowest BCUT2D eigenvalue weighted by atomic mass is 10.1. The van der Waals surface area contributed by atoms with Gasteiger partial charge in [-0.15, -0.1) is 0 Å². The van der Waals surface area contributed by atoms with E-state index < -0.39 is 0 Å². The Hall–Kier alpha value is -1.32. The van der Waals surface area contributed by atoms with Crippen molar-refractivity contribution in [3.05, 3.63) is 11.9 Å². The van der Waals surface area contributed by atoms with Gasteiger partial charge in [-0.05, 0) is 19.3 Å². The lowest BCUT2D eigenvalue weighted by molar-refractivity contribution is 0.583. The van der Waals surface area contributed by atoms with E-state index in [1.165, 1.54) is 6.42 Å². The summed E-state index contributed by atoms with van der Waals surface area (Å²) in [6.45, 7) is 7.55. The highest BCUT2D eigenvalue weighted by molar-refractivity contribution is 5.57. The molecule has 0 amide bonds. The molecule has 0 aliphatic carbocycles. The maximum absolute atomic E-state index is 4.34. The van der Waals surface area contributed by atoms with Crippen molar-refractivity contribution < 1.29 is 0 Å². The fraction of sp³-hybridized carbons (Fsp3) is 0.667. The van der Waals surface area contributed by atoms with Gasteiger partial charge < -0.3 is 10.2 Å². The Kier molecular flexibility index (Phi) is 4.52. The number of rotatable bonds is 5. The molecule has 1 heterocycles. The van der Waals surface area contributed by atoms with Gasteiger partial charge in [-0.3, -0.25) is 0 Å². The largest absolute Gasteiger partial charge is 0.373 e. The zero-order chi connectivity index (χ0) is 12.1. The van der Waals surface area contributed by atoms with E-state index in [9.17, 15) is 0 Å². The molecule has 4 heteroatoms. The molecule has 0 fully saturated rings. The summed E-state index contributed by atoms with van der Waals surface area (Å²) in [6, 6.07) is 0. The number of hydrogen-bond acceptors (Lipinski definition) is 4. The van der Waals surface area contributed by atoms with E-state index in [1.807, 2.05) is 14.0 Å². The van der Waals surface area contributed by atoms with Crippen molar-refractivity contribution >= 4 is 11.6 Å². The third-order valence-corrected chi connectivity index (χ3v) is 2.70. The second kappa shape index (κ2) is 5.68. The number of aromatic nitrogens is 2. The third-order valence-electron chi connectivity index (χ3n) is 2.70. The average Bonchev–Trinajstić information content (AvgIpc) is 2.26. The summed E-state index contributed by atoms with van der Waals surface area (Å²) in [7, 11) is 3.96. The Labute approximate surface area is 98.1 Å². The maximum atomic E-state index is 4.34. The van der Waals surface area contributed by atoms with Gasteiger partial charge in [-0.1, -0.05) is 13.8 Å². The minimum Gasteiger partial charge on any atom is -0.373 e. The molecule has 16 heavy (non-hydrogen) atoms. The van der Waals surface area contributed by atoms with Gasteiger partial charge in [-0.2, -0.15) is 0 Å². The Morgan fingerprint density at radius 2 is 2.06 bits per heavy atom. The summed E-state index contributed by atoms with van der Waals surface area (Å²) in [5, 5.41) is 3.08. The van der Waals surface area contributed by atoms with E-state index in [4.69, 9.17) is 0 Å². The molecular weight excluding hydrogens is 200 g/mol. The maximum Gasteiger partial charge on any atom is 0.136 e. The van der Waals surface area contributed by atoms with Crippen molar-refractivity contribution in [2.24, 2.45) is 5.92 Å². The minimum absolute atomic E-state index is 0.716. The van der Waals surface area contributed by atoms with Crippen LogP contribution in [0.25, 0.3) is 0 Å². The first-order valence-electron chi connectivity index (χ1n) is 5.76. The first kappa shape index (κ1) is 12.7. The van der Waals surface area contributed by atoms with Gasteiger partial charge in [-0.25, -0.2) is 9.97 Å². The van der Waals surface area contributed by atoms with Crippen LogP contribution >= 0.6 is 0 Å². The van der Waals surface area contributed by atoms with Crippen molar-refractivity contribution in [3.8, 4) is 0 Å². The topological polar surface area (TPSA) is 41.1 Å². The lowest BCUT2D eigenvalue weighted by Gasteiger charge is -2.21. The van der Waals surface area contributed by atoms with Crippen LogP contribution in [0.5, 0.6) is 0 Å². The van der Waals surface area contributed by atoms with Crippen LogP contribution in [0.1, 0.15) is 25.8 Å². The molecule has 0 aliphatic heterocycles. The summed E-state index contributed by atoms with van der Waals surface area (Å²) in [6.07, 6.45) is 2.79. The lowest BCUT2D eigenvalue weighted by Crippen LogP contribution is -2.22. The highest BCUT2D eigenvalue weighted by Gasteiger charge is 2.10. The van der Waals surface area contributed by atoms with Gasteiger partial charge in [0, 0.05) is 26.2 Å². The van der Waals surface area contributed by atoms with Crippen LogP contribution in [0.4, 0.5) is 11.6 Å². The summed E-state index contributed by atoms with van der Waals surface area (Å²) in [4.78, 5) is 10.7. The molecule has 1 rings (SSSR count). The second-order valence-corrected chi connectivity index (χ2v) is 4.52. The molecule has 0 atom stereocenters. The first-order valence-corrected chi connectivity index (χ1v) is 5.76. The SMILES string of the molecule is CNc1ncnc(N(C)CCC(C)C)c1C. The van der Waals surface area contributed by atoms with Crippen molar-refractivity contribution in [3.63, 3.8) is 0 Å². The fourth-order valence-electron chi connectivity index (χ4n) is 1.64. The summed E-state index contributed by atoms with van der Waals surface area (Å²) >= 11 is 0. The second-order valence-electron chi connectivity index (χ2n) is 4.52. The van der Waals surface area contributed by atoms with Crippen LogP contribution < -0.4 is 10.2 Å². The van der Waals surface area contributed by atoms with Crippen LogP contribution in [-0.4, -0.2) is 30.6 Å². The average molecular weight is 222 g/mol. The van der Waals surface area contributed by atoms with E-state index in [2.05, 4.69) is 41.1 Å². The van der Waals surface area contributed by atoms with Crippen molar-refractivity contribution in [2.75, 3.05) is 30.9 Å². The van der Waals surface area contributed by atoms with Gasteiger partial charge in [0.15, 0.2) is 0 Å². The third kappa shape index (κ3) is 3.08. The molecule has 1 aromatic rings. The monoisotopic (exact) mass is 222 g/mol. The molecule has 90 valence electrons. The highest BCUT2D eigenvalue weighted by Crippen LogP contribution is 2.21. The Morgan fingerprint density at radius 3 is 2.62 bits per heavy atom. The summed E-state index contributed by atoms with van der Waals surface area (Å²) < 4.78 is 0. The number of anilines is 2. The normalized spacial score (nSPS) is 10.6. The van der Waals surface area contributed by atoms with Gasteiger partial charge in [0.2, 0.25) is 0 Å². The smallest absolute Gasteiger partial charge is 0.136 e. The van der Waals surface area contributed by atoms with Crippen LogP contribution in [-0.2, 0) is 0 Å². The zero-order valence-corrected chi connectivity index (χ0v) is 10.9. The fourth-order valence-corrected chi connectivity index (χ4v) is 1.64. The molecule has 0 bridgehead atoms. The predicted octanol–water partition coefficient (Wildman–Crippen LogP) is 2.31. The highest BCUT2D eigenvalue weighted by atomic mass is 15.2. The van der Waals surface area contributed by atoms with E-state index in [0.717, 1.165) is 23.7 Å². The molecule has 4 nitrogen and oxygen atoms in total. The molecule has 0 saturated carbocycles. The molecule has 0 spiro atoms. The summed E-state index contributed by atoms with van der Waals surface area (Å²) in [5.74, 6) is 2.63. The Bertz CT molecular complexity index is 336. The quantitative estimate of drug-likeness (QED) is 0.830. The molecule has 0 aliphatic rings. The Balaban J connectivity index is 2.78. The van der Waals surface area contributed by atoms with Gasteiger partial charge in [0.05, 0.1) is 0 Å². The van der Waals surface area contributed by atoms with Gasteiger partial charge >= 0.3 is 0 Å². The van der Waals surface area contributed by atoms with Gasteiger partial charge in [0.1, 0.15) is 18.0 Å². The van der Waals surface area contributed by atoms with Crippen molar-refractivity contribution in [1.82, 2.24) is 9.97 Å². The molecule has 1 N–H and O–H groups in total. The standard InChI is InChI=1S/C12H22N4/c1-9(2)6-7-16(5)12-10(3)11(13-4)14-8-15-12/h8-9H,6-7H2,1-5H3,(H,13,14,15). The van der Waals surface area contributed by atoms with Crippen LogP contribution in [0.3, 0.4) is 0 Å². The van der Waals surface area contributed by atoms with Gasteiger partial charge in [0.25, 0.3) is 0 Å². The van der Waals surface area contributed by atoms with Crippen molar-refractivity contribution in [1.29, 1.82) is 0 Å². The van der Waals surface area contributed by atoms with E-state index in [0.29, 0.717) is 5.92 Å². The number of nitrogens with zero attached hydrogens (tertiary/aromatic N) is 3. The number of hydrogen-bond donors (Lipinski definition) is 1. The van der Waals surface area contributed by atoms with Crippen molar-refractivity contribution in [2.45, 2.75) is 27.2 Å². The predicted molar refractivity (Wildman–Crippen MR) is 69.0 cm³/mol. The van der Waals surface area contributed by atoms with E-state index in [-0.39, 0.29) is 0 Å². The van der Waals surface area contributed by atoms with Crippen LogP contribution in [0, 0.1) is 12.8 Å². The van der Waals surface area contributed by atoms with Crippen LogP contribution in [0.15, 0.2) is 6.33 Å². The summed E-state index contributed by atoms with van der Waals surface area (Å²) in [5.41, 5.74) is 1.11. The molecule has 0 saturated heterocycles. The molecular formula is C12H22N4. The minimum atomic E-state index is 0.716. The molecule has 0 radical (unpaired) electrons. The molecule has 0 aromatic carbocycles. The zero-order valence-electron chi connectivity index (χ0n) is 10.9. The Morgan fingerprint density at radius 1 is 1.38 bits per heavy atom. The number of nitrogens with one attached hydrogen (secondary N) is 1. The molecule has 1 aromatic heterocycles. The van der Waals surface area contributed by atoms with E-state index in [1.54, 1.807) is 6.33 Å². The first-order chi connectivity index (χ1) is 7.56. The van der Waals surface area contributed by atoms with E-state index >= 15 is 0 Å². The molecule has 0 unspecified atom stereocenters.